The lowest BCUT2D eigenvalue weighted by atomic mass is 9.79. The van der Waals surface area contributed by atoms with Crippen molar-refractivity contribution >= 4 is 5.78 Å². The Morgan fingerprint density at radius 1 is 1.46 bits per heavy atom. The molecule has 0 saturated carbocycles. The van der Waals surface area contributed by atoms with Gasteiger partial charge >= 0.3 is 0 Å². The van der Waals surface area contributed by atoms with E-state index in [4.69, 9.17) is 9.47 Å². The largest absolute Gasteiger partial charge is 0.378 e. The first-order chi connectivity index (χ1) is 5.92. The van der Waals surface area contributed by atoms with Crippen LogP contribution in [0.4, 0.5) is 0 Å². The maximum absolute atomic E-state index is 12.0. The van der Waals surface area contributed by atoms with Gasteiger partial charge in [-0.15, -0.1) is 0 Å². The van der Waals surface area contributed by atoms with Crippen LogP contribution in [0.5, 0.6) is 0 Å². The van der Waals surface area contributed by atoms with Crippen LogP contribution in [-0.4, -0.2) is 31.7 Å². The lowest BCUT2D eigenvalue weighted by Crippen LogP contribution is -2.47. The average Bonchev–Trinajstić information content (AvgIpc) is 2.50. The fourth-order valence-electron chi connectivity index (χ4n) is 1.66. The third-order valence-corrected chi connectivity index (χ3v) is 2.47. The maximum Gasteiger partial charge on any atom is 0.172 e. The summed E-state index contributed by atoms with van der Waals surface area (Å²) in [4.78, 5) is 12.0. The Morgan fingerprint density at radius 2 is 2.08 bits per heavy atom. The third kappa shape index (κ3) is 1.92. The van der Waals surface area contributed by atoms with Gasteiger partial charge in [0.15, 0.2) is 11.4 Å². The minimum absolute atomic E-state index is 0.139. The summed E-state index contributed by atoms with van der Waals surface area (Å²) in [5.74, 6) is 0.139. The number of Topliss-reactive ketones (excluding diaryl/α,β-unsaturated/α-hetero) is 1. The molecule has 1 aliphatic heterocycles. The lowest BCUT2D eigenvalue weighted by molar-refractivity contribution is -0.149. The van der Waals surface area contributed by atoms with Crippen molar-refractivity contribution in [3.8, 4) is 0 Å². The molecule has 0 aromatic carbocycles. The Kier molecular flexibility index (Phi) is 2.78. The van der Waals surface area contributed by atoms with E-state index >= 15 is 0 Å². The van der Waals surface area contributed by atoms with E-state index in [-0.39, 0.29) is 11.2 Å². The van der Waals surface area contributed by atoms with Crippen molar-refractivity contribution in [3.63, 3.8) is 0 Å². The average molecular weight is 186 g/mol. The normalized spacial score (nSPS) is 29.2. The summed E-state index contributed by atoms with van der Waals surface area (Å²) in [6, 6.07) is 0. The molecule has 1 fully saturated rings. The highest BCUT2D eigenvalue weighted by Crippen LogP contribution is 2.31. The highest BCUT2D eigenvalue weighted by Gasteiger charge is 2.46. The third-order valence-electron chi connectivity index (χ3n) is 2.47. The van der Waals surface area contributed by atoms with Crippen molar-refractivity contribution < 1.29 is 14.3 Å². The number of rotatable bonds is 2. The lowest BCUT2D eigenvalue weighted by Gasteiger charge is -2.31. The zero-order valence-corrected chi connectivity index (χ0v) is 8.85. The molecule has 13 heavy (non-hydrogen) atoms. The van der Waals surface area contributed by atoms with Gasteiger partial charge in [-0.1, -0.05) is 20.8 Å². The molecule has 1 aliphatic rings. The number of ketones is 1. The van der Waals surface area contributed by atoms with E-state index in [9.17, 15) is 4.79 Å². The van der Waals surface area contributed by atoms with Gasteiger partial charge in [0.2, 0.25) is 0 Å². The molecule has 0 amide bonds. The van der Waals surface area contributed by atoms with Crippen molar-refractivity contribution in [3.05, 3.63) is 0 Å². The molecular formula is C10H18O3. The molecule has 1 rings (SSSR count). The second-order valence-electron chi connectivity index (χ2n) is 4.58. The van der Waals surface area contributed by atoms with Crippen molar-refractivity contribution in [1.29, 1.82) is 0 Å². The van der Waals surface area contributed by atoms with Gasteiger partial charge in [0.25, 0.3) is 0 Å². The molecule has 0 bridgehead atoms. The van der Waals surface area contributed by atoms with E-state index in [1.807, 2.05) is 20.8 Å². The zero-order chi connectivity index (χ0) is 10.1. The minimum Gasteiger partial charge on any atom is -0.378 e. The first kappa shape index (κ1) is 10.7. The van der Waals surface area contributed by atoms with Gasteiger partial charge in [-0.05, 0) is 0 Å². The van der Waals surface area contributed by atoms with Gasteiger partial charge in [0, 0.05) is 18.9 Å². The van der Waals surface area contributed by atoms with Crippen LogP contribution in [0.25, 0.3) is 0 Å². The molecule has 1 unspecified atom stereocenters. The first-order valence-electron chi connectivity index (χ1n) is 4.60. The molecule has 1 atom stereocenters. The van der Waals surface area contributed by atoms with E-state index in [0.717, 1.165) is 0 Å². The van der Waals surface area contributed by atoms with E-state index < -0.39 is 5.60 Å². The van der Waals surface area contributed by atoms with Crippen molar-refractivity contribution in [1.82, 2.24) is 0 Å². The van der Waals surface area contributed by atoms with E-state index in [0.29, 0.717) is 19.6 Å². The summed E-state index contributed by atoms with van der Waals surface area (Å²) >= 11 is 0. The number of hydrogen-bond donors (Lipinski definition) is 0. The van der Waals surface area contributed by atoms with Crippen LogP contribution >= 0.6 is 0 Å². The van der Waals surface area contributed by atoms with Crippen LogP contribution in [0.1, 0.15) is 27.2 Å². The Bertz CT molecular complexity index is 197. The van der Waals surface area contributed by atoms with E-state index in [1.54, 1.807) is 7.11 Å². The standard InChI is InChI=1S/C10H18O3/c1-9(2,3)8(11)10(12-4)5-6-13-7-10/h5-7H2,1-4H3. The minimum atomic E-state index is -0.682. The van der Waals surface area contributed by atoms with Gasteiger partial charge in [-0.3, -0.25) is 4.79 Å². The zero-order valence-electron chi connectivity index (χ0n) is 8.85. The Balaban J connectivity index is 2.83. The topological polar surface area (TPSA) is 35.5 Å². The highest BCUT2D eigenvalue weighted by atomic mass is 16.6. The number of ether oxygens (including phenoxy) is 2. The van der Waals surface area contributed by atoms with Gasteiger partial charge in [0.05, 0.1) is 13.2 Å². The number of hydrogen-bond acceptors (Lipinski definition) is 3. The Hall–Kier alpha value is -0.410. The second-order valence-corrected chi connectivity index (χ2v) is 4.58. The molecule has 0 aliphatic carbocycles. The molecule has 3 nitrogen and oxygen atoms in total. The fourth-order valence-corrected chi connectivity index (χ4v) is 1.66. The predicted octanol–water partition coefficient (Wildman–Crippen LogP) is 1.41. The summed E-state index contributed by atoms with van der Waals surface area (Å²) in [5.41, 5.74) is -1.04. The van der Waals surface area contributed by atoms with Gasteiger partial charge in [-0.25, -0.2) is 0 Å². The summed E-state index contributed by atoms with van der Waals surface area (Å²) < 4.78 is 10.5. The van der Waals surface area contributed by atoms with Crippen molar-refractivity contribution in [2.75, 3.05) is 20.3 Å². The fraction of sp³-hybridized carbons (Fsp3) is 0.900. The van der Waals surface area contributed by atoms with Crippen LogP contribution < -0.4 is 0 Å². The SMILES string of the molecule is COC1(C(=O)C(C)(C)C)CCOC1. The van der Waals surface area contributed by atoms with E-state index in [2.05, 4.69) is 0 Å². The van der Waals surface area contributed by atoms with Crippen LogP contribution in [0.15, 0.2) is 0 Å². The Labute approximate surface area is 79.4 Å². The molecule has 1 saturated heterocycles. The van der Waals surface area contributed by atoms with Crippen LogP contribution in [0, 0.1) is 5.41 Å². The first-order valence-corrected chi connectivity index (χ1v) is 4.60. The van der Waals surface area contributed by atoms with E-state index in [1.165, 1.54) is 0 Å². The number of carbonyl (C=O) groups excluding carboxylic acids is 1. The molecule has 0 N–H and O–H groups in total. The van der Waals surface area contributed by atoms with Crippen LogP contribution in [0.3, 0.4) is 0 Å². The molecule has 76 valence electrons. The van der Waals surface area contributed by atoms with Crippen molar-refractivity contribution in [2.45, 2.75) is 32.8 Å². The summed E-state index contributed by atoms with van der Waals surface area (Å²) in [6.45, 7) is 6.76. The van der Waals surface area contributed by atoms with Gasteiger partial charge < -0.3 is 9.47 Å². The van der Waals surface area contributed by atoms with Gasteiger partial charge in [-0.2, -0.15) is 0 Å². The highest BCUT2D eigenvalue weighted by molar-refractivity contribution is 5.92. The molecular weight excluding hydrogens is 168 g/mol. The molecule has 1 heterocycles. The number of methoxy groups -OCH3 is 1. The molecule has 3 heteroatoms. The number of carbonyl (C=O) groups is 1. The monoisotopic (exact) mass is 186 g/mol. The van der Waals surface area contributed by atoms with Crippen LogP contribution in [-0.2, 0) is 14.3 Å². The predicted molar refractivity (Wildman–Crippen MR) is 49.6 cm³/mol. The molecule has 0 aromatic rings. The van der Waals surface area contributed by atoms with Crippen molar-refractivity contribution in [2.24, 2.45) is 5.41 Å². The summed E-state index contributed by atoms with van der Waals surface area (Å²) in [6.07, 6.45) is 0.680. The molecule has 0 aromatic heterocycles. The smallest absolute Gasteiger partial charge is 0.172 e. The Morgan fingerprint density at radius 3 is 2.38 bits per heavy atom. The summed E-state index contributed by atoms with van der Waals surface area (Å²) in [5, 5.41) is 0. The molecule has 0 spiro atoms. The summed E-state index contributed by atoms with van der Waals surface area (Å²) in [7, 11) is 1.58. The quantitative estimate of drug-likeness (QED) is 0.654. The van der Waals surface area contributed by atoms with Gasteiger partial charge in [0.1, 0.15) is 0 Å². The second kappa shape index (κ2) is 3.39. The van der Waals surface area contributed by atoms with Crippen LogP contribution in [0.2, 0.25) is 0 Å². The maximum atomic E-state index is 12.0. The molecule has 0 radical (unpaired) electrons.